The normalized spacial score (nSPS) is 11.2. The summed E-state index contributed by atoms with van der Waals surface area (Å²) in [5, 5.41) is 3.97. The first-order valence-corrected chi connectivity index (χ1v) is 9.88. The molecule has 0 unspecified atom stereocenters. The molecule has 4 aromatic rings. The van der Waals surface area contributed by atoms with Gasteiger partial charge in [-0.15, -0.1) is 0 Å². The highest BCUT2D eigenvalue weighted by Gasteiger charge is 2.16. The Bertz CT molecular complexity index is 1200. The van der Waals surface area contributed by atoms with E-state index in [2.05, 4.69) is 44.9 Å². The molecule has 4 nitrogen and oxygen atoms in total. The quantitative estimate of drug-likeness (QED) is 0.442. The molecular formula is C25H26N2O2. The van der Waals surface area contributed by atoms with Gasteiger partial charge in [-0.05, 0) is 104 Å². The number of carbonyl (C=O) groups is 1. The molecule has 1 amide bonds. The van der Waals surface area contributed by atoms with E-state index in [-0.39, 0.29) is 5.91 Å². The molecular weight excluding hydrogens is 360 g/mol. The number of aromatic amines is 1. The Hall–Kier alpha value is -3.27. The topological polar surface area (TPSA) is 58.0 Å². The van der Waals surface area contributed by atoms with Gasteiger partial charge < -0.3 is 14.7 Å². The van der Waals surface area contributed by atoms with Crippen molar-refractivity contribution >= 4 is 22.5 Å². The number of aromatic nitrogens is 1. The minimum atomic E-state index is -0.240. The first-order chi connectivity index (χ1) is 13.8. The van der Waals surface area contributed by atoms with E-state index in [1.165, 1.54) is 33.4 Å². The second kappa shape index (κ2) is 7.28. The smallest absolute Gasteiger partial charge is 0.291 e. The molecule has 0 aliphatic carbocycles. The molecule has 0 saturated heterocycles. The van der Waals surface area contributed by atoms with Gasteiger partial charge in [-0.3, -0.25) is 4.79 Å². The predicted octanol–water partition coefficient (Wildman–Crippen LogP) is 6.15. The molecule has 0 bridgehead atoms. The number of fused-ring (bicyclic) bond motifs is 1. The maximum atomic E-state index is 12.6. The van der Waals surface area contributed by atoms with Gasteiger partial charge in [0.05, 0.1) is 0 Å². The van der Waals surface area contributed by atoms with E-state index in [0.717, 1.165) is 22.4 Å². The van der Waals surface area contributed by atoms with E-state index in [1.807, 2.05) is 36.5 Å². The third-order valence-corrected chi connectivity index (χ3v) is 6.20. The van der Waals surface area contributed by atoms with E-state index < -0.39 is 0 Å². The van der Waals surface area contributed by atoms with Crippen molar-refractivity contribution in [2.75, 3.05) is 5.32 Å². The van der Waals surface area contributed by atoms with Crippen molar-refractivity contribution in [1.82, 2.24) is 4.98 Å². The van der Waals surface area contributed by atoms with Crippen LogP contribution in [-0.4, -0.2) is 10.9 Å². The summed E-state index contributed by atoms with van der Waals surface area (Å²) in [6.07, 6.45) is 2.57. The molecule has 4 rings (SSSR count). The first kappa shape index (κ1) is 19.1. The van der Waals surface area contributed by atoms with Gasteiger partial charge in [0.1, 0.15) is 5.76 Å². The number of H-pyrrole nitrogens is 1. The molecule has 2 aromatic carbocycles. The van der Waals surface area contributed by atoms with Crippen LogP contribution >= 0.6 is 0 Å². The van der Waals surface area contributed by atoms with Gasteiger partial charge in [-0.1, -0.05) is 0 Å². The van der Waals surface area contributed by atoms with Crippen LogP contribution in [0.1, 0.15) is 49.7 Å². The summed E-state index contributed by atoms with van der Waals surface area (Å²) in [6, 6.07) is 11.4. The second-order valence-electron chi connectivity index (χ2n) is 7.78. The number of anilines is 1. The molecule has 0 saturated carbocycles. The Morgan fingerprint density at radius 1 is 0.897 bits per heavy atom. The minimum Gasteiger partial charge on any atom is -0.456 e. The van der Waals surface area contributed by atoms with E-state index in [4.69, 9.17) is 4.42 Å². The van der Waals surface area contributed by atoms with Gasteiger partial charge in [0.25, 0.3) is 5.91 Å². The molecule has 148 valence electrons. The van der Waals surface area contributed by atoms with E-state index in [1.54, 1.807) is 6.07 Å². The highest BCUT2D eigenvalue weighted by Crippen LogP contribution is 2.28. The van der Waals surface area contributed by atoms with E-state index in [0.29, 0.717) is 12.2 Å². The standard InChI is InChI=1S/C25H26N2O2/c1-14-15(2)17(4)22(18(5)16(14)3)13-21-7-9-24(29-21)25(28)27-20-6-8-23-19(12-20)10-11-26-23/h6-12,26H,13H2,1-5H3,(H,27,28). The SMILES string of the molecule is Cc1c(C)c(C)c(Cc2ccc(C(=O)Nc3ccc4[nH]ccc4c3)o2)c(C)c1C. The Morgan fingerprint density at radius 3 is 2.31 bits per heavy atom. The van der Waals surface area contributed by atoms with Crippen LogP contribution in [0.15, 0.2) is 47.0 Å². The van der Waals surface area contributed by atoms with Gasteiger partial charge in [-0.25, -0.2) is 0 Å². The zero-order valence-electron chi connectivity index (χ0n) is 17.6. The molecule has 2 heterocycles. The van der Waals surface area contributed by atoms with Crippen molar-refractivity contribution in [3.05, 3.63) is 87.5 Å². The van der Waals surface area contributed by atoms with Crippen LogP contribution in [0, 0.1) is 34.6 Å². The van der Waals surface area contributed by atoms with Crippen LogP contribution in [-0.2, 0) is 6.42 Å². The highest BCUT2D eigenvalue weighted by molar-refractivity contribution is 6.03. The maximum absolute atomic E-state index is 12.6. The molecule has 0 radical (unpaired) electrons. The van der Waals surface area contributed by atoms with Crippen LogP contribution in [0.5, 0.6) is 0 Å². The summed E-state index contributed by atoms with van der Waals surface area (Å²) >= 11 is 0. The molecule has 4 heteroatoms. The summed E-state index contributed by atoms with van der Waals surface area (Å²) in [5.74, 6) is 0.881. The second-order valence-corrected chi connectivity index (χ2v) is 7.78. The Balaban J connectivity index is 1.55. The molecule has 29 heavy (non-hydrogen) atoms. The van der Waals surface area contributed by atoms with Gasteiger partial charge >= 0.3 is 0 Å². The molecule has 0 atom stereocenters. The van der Waals surface area contributed by atoms with Gasteiger partial charge in [0.15, 0.2) is 5.76 Å². The Morgan fingerprint density at radius 2 is 1.59 bits per heavy atom. The molecule has 0 aliphatic rings. The minimum absolute atomic E-state index is 0.240. The summed E-state index contributed by atoms with van der Waals surface area (Å²) in [5.41, 5.74) is 9.67. The lowest BCUT2D eigenvalue weighted by Crippen LogP contribution is -2.10. The third-order valence-electron chi connectivity index (χ3n) is 6.20. The Labute approximate surface area is 170 Å². The van der Waals surface area contributed by atoms with Crippen LogP contribution in [0.2, 0.25) is 0 Å². The number of hydrogen-bond donors (Lipinski definition) is 2. The Kier molecular flexibility index (Phi) is 4.79. The van der Waals surface area contributed by atoms with Crippen LogP contribution < -0.4 is 5.32 Å². The molecule has 2 aromatic heterocycles. The summed E-state index contributed by atoms with van der Waals surface area (Å²) in [4.78, 5) is 15.8. The highest BCUT2D eigenvalue weighted by atomic mass is 16.3. The van der Waals surface area contributed by atoms with Crippen LogP contribution in [0.25, 0.3) is 10.9 Å². The van der Waals surface area contributed by atoms with Gasteiger partial charge in [0.2, 0.25) is 0 Å². The van der Waals surface area contributed by atoms with Crippen molar-refractivity contribution in [3.63, 3.8) is 0 Å². The predicted molar refractivity (Wildman–Crippen MR) is 118 cm³/mol. The summed E-state index contributed by atoms with van der Waals surface area (Å²) in [6.45, 7) is 10.8. The number of carbonyl (C=O) groups excluding carboxylic acids is 1. The van der Waals surface area contributed by atoms with Gasteiger partial charge in [-0.2, -0.15) is 0 Å². The molecule has 0 fully saturated rings. The fraction of sp³-hybridized carbons (Fsp3) is 0.240. The summed E-state index contributed by atoms with van der Waals surface area (Å²) in [7, 11) is 0. The monoisotopic (exact) mass is 386 g/mol. The molecule has 0 aliphatic heterocycles. The number of amides is 1. The van der Waals surface area contributed by atoms with Crippen LogP contribution in [0.3, 0.4) is 0 Å². The lowest BCUT2D eigenvalue weighted by atomic mass is 9.88. The van der Waals surface area contributed by atoms with E-state index in [9.17, 15) is 4.79 Å². The van der Waals surface area contributed by atoms with Crippen LogP contribution in [0.4, 0.5) is 5.69 Å². The lowest BCUT2D eigenvalue weighted by Gasteiger charge is -2.18. The number of hydrogen-bond acceptors (Lipinski definition) is 2. The van der Waals surface area contributed by atoms with Crippen molar-refractivity contribution < 1.29 is 9.21 Å². The van der Waals surface area contributed by atoms with Crippen molar-refractivity contribution in [2.45, 2.75) is 41.0 Å². The zero-order chi connectivity index (χ0) is 20.7. The van der Waals surface area contributed by atoms with Crippen molar-refractivity contribution in [2.24, 2.45) is 0 Å². The average molecular weight is 386 g/mol. The van der Waals surface area contributed by atoms with Gasteiger partial charge in [0, 0.05) is 29.2 Å². The zero-order valence-corrected chi connectivity index (χ0v) is 17.6. The number of benzene rings is 2. The third kappa shape index (κ3) is 3.46. The summed E-state index contributed by atoms with van der Waals surface area (Å²) < 4.78 is 5.90. The fourth-order valence-electron chi connectivity index (χ4n) is 3.94. The molecule has 0 spiro atoms. The first-order valence-electron chi connectivity index (χ1n) is 9.88. The maximum Gasteiger partial charge on any atom is 0.291 e. The van der Waals surface area contributed by atoms with Crippen molar-refractivity contribution in [3.8, 4) is 0 Å². The average Bonchev–Trinajstić information content (AvgIpc) is 3.37. The fourth-order valence-corrected chi connectivity index (χ4v) is 3.94. The lowest BCUT2D eigenvalue weighted by molar-refractivity contribution is 0.0995. The van der Waals surface area contributed by atoms with Crippen molar-refractivity contribution in [1.29, 1.82) is 0 Å². The number of rotatable bonds is 4. The largest absolute Gasteiger partial charge is 0.456 e. The molecule has 2 N–H and O–H groups in total. The number of furan rings is 1. The number of nitrogens with one attached hydrogen (secondary N) is 2. The van der Waals surface area contributed by atoms with E-state index >= 15 is 0 Å².